The Morgan fingerprint density at radius 3 is 2.10 bits per heavy atom. The second-order valence-corrected chi connectivity index (χ2v) is 8.21. The van der Waals surface area contributed by atoms with Crippen molar-refractivity contribution in [3.05, 3.63) is 71.8 Å². The summed E-state index contributed by atoms with van der Waals surface area (Å²) in [7, 11) is 0. The van der Waals surface area contributed by atoms with E-state index in [9.17, 15) is 14.4 Å². The summed E-state index contributed by atoms with van der Waals surface area (Å²) in [5.41, 5.74) is 1.49. The first-order valence-corrected chi connectivity index (χ1v) is 10.8. The van der Waals surface area contributed by atoms with Gasteiger partial charge in [-0.3, -0.25) is 9.59 Å². The van der Waals surface area contributed by atoms with Crippen LogP contribution in [0.4, 0.5) is 0 Å². The Hall–Kier alpha value is -3.15. The number of carbonyl (C=O) groups excluding carboxylic acids is 3. The Bertz CT molecular complexity index is 877. The summed E-state index contributed by atoms with van der Waals surface area (Å²) >= 11 is 0. The molecule has 2 aromatic rings. The highest BCUT2D eigenvalue weighted by Crippen LogP contribution is 2.24. The average molecular weight is 423 g/mol. The highest BCUT2D eigenvalue weighted by molar-refractivity contribution is 5.89. The molecular weight excluding hydrogens is 392 g/mol. The number of nitrogens with one attached hydrogen (secondary N) is 1. The highest BCUT2D eigenvalue weighted by Gasteiger charge is 2.34. The number of amides is 2. The summed E-state index contributed by atoms with van der Waals surface area (Å²) in [6.07, 6.45) is 1.06. The monoisotopic (exact) mass is 422 g/mol. The highest BCUT2D eigenvalue weighted by atomic mass is 16.5. The van der Waals surface area contributed by atoms with Crippen molar-refractivity contribution in [1.29, 1.82) is 0 Å². The van der Waals surface area contributed by atoms with Crippen molar-refractivity contribution in [2.75, 3.05) is 13.1 Å². The summed E-state index contributed by atoms with van der Waals surface area (Å²) in [6.45, 7) is 5.02. The quantitative estimate of drug-likeness (QED) is 0.663. The molecule has 31 heavy (non-hydrogen) atoms. The SMILES string of the molecule is CC(C)[C@H](NC(=O)Cc1ccccc1)C(=O)O[C@H](C(=O)N1CCCC1)c1ccccc1. The van der Waals surface area contributed by atoms with E-state index in [4.69, 9.17) is 4.74 Å². The maximum absolute atomic E-state index is 13.1. The van der Waals surface area contributed by atoms with Gasteiger partial charge in [-0.2, -0.15) is 0 Å². The summed E-state index contributed by atoms with van der Waals surface area (Å²) in [5, 5.41) is 2.79. The van der Waals surface area contributed by atoms with E-state index < -0.39 is 18.1 Å². The summed E-state index contributed by atoms with van der Waals surface area (Å²) in [5.74, 6) is -1.26. The Balaban J connectivity index is 1.72. The van der Waals surface area contributed by atoms with Gasteiger partial charge in [0.1, 0.15) is 6.04 Å². The van der Waals surface area contributed by atoms with Crippen LogP contribution in [-0.2, 0) is 25.5 Å². The Kier molecular flexibility index (Phi) is 7.82. The van der Waals surface area contributed by atoms with Crippen LogP contribution in [0.3, 0.4) is 0 Å². The van der Waals surface area contributed by atoms with E-state index in [-0.39, 0.29) is 24.2 Å². The predicted octanol–water partition coefficient (Wildman–Crippen LogP) is 3.28. The third kappa shape index (κ3) is 6.17. The van der Waals surface area contributed by atoms with Crippen molar-refractivity contribution in [3.63, 3.8) is 0 Å². The van der Waals surface area contributed by atoms with Gasteiger partial charge < -0.3 is 15.0 Å². The van der Waals surface area contributed by atoms with Crippen LogP contribution in [0.5, 0.6) is 0 Å². The molecule has 1 heterocycles. The van der Waals surface area contributed by atoms with Crippen molar-refractivity contribution in [3.8, 4) is 0 Å². The third-order valence-corrected chi connectivity index (χ3v) is 5.42. The fourth-order valence-corrected chi connectivity index (χ4v) is 3.69. The van der Waals surface area contributed by atoms with E-state index in [1.54, 1.807) is 17.0 Å². The van der Waals surface area contributed by atoms with Crippen LogP contribution in [0, 0.1) is 5.92 Å². The van der Waals surface area contributed by atoms with Gasteiger partial charge in [-0.1, -0.05) is 74.5 Å². The predicted molar refractivity (Wildman–Crippen MR) is 118 cm³/mol. The van der Waals surface area contributed by atoms with Gasteiger partial charge in [0.2, 0.25) is 12.0 Å². The molecule has 164 valence electrons. The molecule has 1 fully saturated rings. The van der Waals surface area contributed by atoms with Crippen LogP contribution < -0.4 is 5.32 Å². The molecule has 2 aromatic carbocycles. The molecule has 1 saturated heterocycles. The molecule has 0 aromatic heterocycles. The minimum Gasteiger partial charge on any atom is -0.446 e. The molecule has 0 bridgehead atoms. The standard InChI is InChI=1S/C25H30N2O4/c1-18(2)22(26-21(28)17-19-11-5-3-6-12-19)25(30)31-23(20-13-7-4-8-14-20)24(29)27-15-9-10-16-27/h3-8,11-14,18,22-23H,9-10,15-17H2,1-2H3,(H,26,28)/t22-,23-/m0/s1. The van der Waals surface area contributed by atoms with Gasteiger partial charge >= 0.3 is 5.97 Å². The van der Waals surface area contributed by atoms with Crippen molar-refractivity contribution in [2.45, 2.75) is 45.3 Å². The zero-order valence-corrected chi connectivity index (χ0v) is 18.1. The number of hydrogen-bond acceptors (Lipinski definition) is 4. The van der Waals surface area contributed by atoms with Gasteiger partial charge in [-0.25, -0.2) is 4.79 Å². The molecule has 2 amide bonds. The van der Waals surface area contributed by atoms with E-state index in [0.29, 0.717) is 18.7 Å². The number of hydrogen-bond donors (Lipinski definition) is 1. The summed E-state index contributed by atoms with van der Waals surface area (Å²) in [4.78, 5) is 40.4. The number of esters is 1. The molecule has 0 aliphatic carbocycles. The van der Waals surface area contributed by atoms with E-state index in [0.717, 1.165) is 18.4 Å². The molecule has 0 unspecified atom stereocenters. The first-order valence-electron chi connectivity index (χ1n) is 10.8. The molecule has 6 heteroatoms. The number of carbonyl (C=O) groups is 3. The number of likely N-dealkylation sites (tertiary alicyclic amines) is 1. The molecule has 2 atom stereocenters. The Morgan fingerprint density at radius 1 is 0.935 bits per heavy atom. The van der Waals surface area contributed by atoms with Crippen LogP contribution in [0.1, 0.15) is 43.9 Å². The maximum atomic E-state index is 13.1. The Morgan fingerprint density at radius 2 is 1.52 bits per heavy atom. The van der Waals surface area contributed by atoms with Crippen LogP contribution in [-0.4, -0.2) is 41.8 Å². The molecular formula is C25H30N2O4. The fourth-order valence-electron chi connectivity index (χ4n) is 3.69. The smallest absolute Gasteiger partial charge is 0.330 e. The zero-order chi connectivity index (χ0) is 22.2. The van der Waals surface area contributed by atoms with E-state index in [1.165, 1.54) is 0 Å². The first kappa shape index (κ1) is 22.5. The molecule has 1 N–H and O–H groups in total. The van der Waals surface area contributed by atoms with Crippen LogP contribution >= 0.6 is 0 Å². The van der Waals surface area contributed by atoms with E-state index >= 15 is 0 Å². The number of ether oxygens (including phenoxy) is 1. The van der Waals surface area contributed by atoms with Gasteiger partial charge in [-0.05, 0) is 24.3 Å². The maximum Gasteiger partial charge on any atom is 0.330 e. The first-order chi connectivity index (χ1) is 15.0. The van der Waals surface area contributed by atoms with Gasteiger partial charge in [0, 0.05) is 18.7 Å². The van der Waals surface area contributed by atoms with Gasteiger partial charge in [-0.15, -0.1) is 0 Å². The molecule has 6 nitrogen and oxygen atoms in total. The molecule has 3 rings (SSSR count). The van der Waals surface area contributed by atoms with E-state index in [1.807, 2.05) is 62.4 Å². The number of nitrogens with zero attached hydrogens (tertiary/aromatic N) is 1. The second kappa shape index (κ2) is 10.8. The molecule has 0 saturated carbocycles. The number of benzene rings is 2. The minimum atomic E-state index is -1.01. The summed E-state index contributed by atoms with van der Waals surface area (Å²) < 4.78 is 5.74. The largest absolute Gasteiger partial charge is 0.446 e. The van der Waals surface area contributed by atoms with Gasteiger partial charge in [0.05, 0.1) is 6.42 Å². The van der Waals surface area contributed by atoms with Crippen molar-refractivity contribution >= 4 is 17.8 Å². The second-order valence-electron chi connectivity index (χ2n) is 8.21. The lowest BCUT2D eigenvalue weighted by molar-refractivity contribution is -0.163. The molecule has 1 aliphatic rings. The Labute approximate surface area is 183 Å². The van der Waals surface area contributed by atoms with E-state index in [2.05, 4.69) is 5.32 Å². The van der Waals surface area contributed by atoms with Crippen molar-refractivity contribution in [1.82, 2.24) is 10.2 Å². The van der Waals surface area contributed by atoms with Crippen LogP contribution in [0.2, 0.25) is 0 Å². The third-order valence-electron chi connectivity index (χ3n) is 5.42. The van der Waals surface area contributed by atoms with Gasteiger partial charge in [0.15, 0.2) is 0 Å². The molecule has 0 spiro atoms. The lowest BCUT2D eigenvalue weighted by Crippen LogP contribution is -2.47. The number of rotatable bonds is 8. The summed E-state index contributed by atoms with van der Waals surface area (Å²) in [6, 6.07) is 17.5. The zero-order valence-electron chi connectivity index (χ0n) is 18.1. The van der Waals surface area contributed by atoms with Crippen LogP contribution in [0.25, 0.3) is 0 Å². The lowest BCUT2D eigenvalue weighted by atomic mass is 10.0. The lowest BCUT2D eigenvalue weighted by Gasteiger charge is -2.27. The minimum absolute atomic E-state index is 0.173. The molecule has 1 aliphatic heterocycles. The normalized spacial score (nSPS) is 15.4. The topological polar surface area (TPSA) is 75.7 Å². The van der Waals surface area contributed by atoms with Crippen molar-refractivity contribution < 1.29 is 19.1 Å². The molecule has 0 radical (unpaired) electrons. The van der Waals surface area contributed by atoms with Crippen molar-refractivity contribution in [2.24, 2.45) is 5.92 Å². The average Bonchev–Trinajstić information content (AvgIpc) is 3.31. The van der Waals surface area contributed by atoms with Gasteiger partial charge in [0.25, 0.3) is 5.91 Å². The van der Waals surface area contributed by atoms with Crippen LogP contribution in [0.15, 0.2) is 60.7 Å². The fraction of sp³-hybridized carbons (Fsp3) is 0.400.